The molecule has 0 atom stereocenters. The molecule has 0 aliphatic rings. The van der Waals surface area contributed by atoms with Crippen molar-refractivity contribution in [2.45, 2.75) is 47.1 Å². The fourth-order valence-electron chi connectivity index (χ4n) is 2.19. The molecule has 0 saturated heterocycles. The number of aryl methyl sites for hydroxylation is 1. The van der Waals surface area contributed by atoms with Gasteiger partial charge in [0.05, 0.1) is 12.8 Å². The highest BCUT2D eigenvalue weighted by atomic mass is 16.5. The molecule has 6 nitrogen and oxygen atoms in total. The minimum Gasteiger partial charge on any atom is -0.468 e. The van der Waals surface area contributed by atoms with Crippen molar-refractivity contribution < 1.29 is 14.3 Å². The van der Waals surface area contributed by atoms with Gasteiger partial charge in [-0.25, -0.2) is 0 Å². The third-order valence-corrected chi connectivity index (χ3v) is 3.33. The van der Waals surface area contributed by atoms with Crippen molar-refractivity contribution in [2.24, 2.45) is 5.92 Å². The number of hydrogen-bond acceptors (Lipinski definition) is 4. The Hall–Kier alpha value is -1.85. The number of nitrogens with one attached hydrogen (secondary N) is 1. The number of methoxy groups -OCH3 is 1. The van der Waals surface area contributed by atoms with Crippen LogP contribution in [-0.4, -0.2) is 35.3 Å². The summed E-state index contributed by atoms with van der Waals surface area (Å²) in [5.74, 6) is -0.0736. The van der Waals surface area contributed by atoms with E-state index in [1.807, 2.05) is 18.5 Å². The lowest BCUT2D eigenvalue weighted by atomic mass is 10.1. The first kappa shape index (κ1) is 17.2. The Kier molecular flexibility index (Phi) is 6.39. The lowest BCUT2D eigenvalue weighted by Crippen LogP contribution is -2.30. The van der Waals surface area contributed by atoms with E-state index in [0.29, 0.717) is 18.8 Å². The van der Waals surface area contributed by atoms with E-state index < -0.39 is 5.97 Å². The Morgan fingerprint density at radius 3 is 2.57 bits per heavy atom. The lowest BCUT2D eigenvalue weighted by Gasteiger charge is -2.08. The van der Waals surface area contributed by atoms with Crippen LogP contribution < -0.4 is 5.32 Å². The molecular formula is C15H25N3O3. The molecule has 0 fully saturated rings. The van der Waals surface area contributed by atoms with Gasteiger partial charge in [-0.3, -0.25) is 14.3 Å². The average Bonchev–Trinajstić information content (AvgIpc) is 2.68. The molecule has 118 valence electrons. The normalized spacial score (nSPS) is 10.8. The molecule has 1 heterocycles. The van der Waals surface area contributed by atoms with Crippen molar-refractivity contribution in [3.8, 4) is 0 Å². The Balaban J connectivity index is 2.57. The number of esters is 1. The van der Waals surface area contributed by atoms with Crippen LogP contribution in [0.1, 0.15) is 37.2 Å². The molecule has 0 aliphatic carbocycles. The Morgan fingerprint density at radius 1 is 1.33 bits per heavy atom. The molecule has 1 aromatic rings. The Morgan fingerprint density at radius 2 is 2.00 bits per heavy atom. The summed E-state index contributed by atoms with van der Waals surface area (Å²) in [6.07, 6.45) is 0.967. The lowest BCUT2D eigenvalue weighted by molar-refractivity contribution is -0.141. The van der Waals surface area contributed by atoms with Gasteiger partial charge in [-0.1, -0.05) is 13.8 Å². The summed E-state index contributed by atoms with van der Waals surface area (Å²) >= 11 is 0. The van der Waals surface area contributed by atoms with Crippen LogP contribution in [0.4, 0.5) is 0 Å². The fraction of sp³-hybridized carbons (Fsp3) is 0.667. The van der Waals surface area contributed by atoms with Crippen LogP contribution in [0.25, 0.3) is 0 Å². The number of nitrogens with zero attached hydrogens (tertiary/aromatic N) is 2. The fourth-order valence-corrected chi connectivity index (χ4v) is 2.19. The maximum Gasteiger partial charge on any atom is 0.325 e. The van der Waals surface area contributed by atoms with E-state index in [1.54, 1.807) is 0 Å². The molecule has 6 heteroatoms. The number of carbonyl (C=O) groups is 2. The van der Waals surface area contributed by atoms with Crippen molar-refractivity contribution in [3.63, 3.8) is 0 Å². The van der Waals surface area contributed by atoms with Crippen LogP contribution in [0, 0.1) is 19.8 Å². The molecule has 1 N–H and O–H groups in total. The van der Waals surface area contributed by atoms with Gasteiger partial charge in [-0.15, -0.1) is 0 Å². The van der Waals surface area contributed by atoms with E-state index in [9.17, 15) is 9.59 Å². The quantitative estimate of drug-likeness (QED) is 0.771. The maximum absolute atomic E-state index is 11.7. The highest BCUT2D eigenvalue weighted by Gasteiger charge is 2.14. The second-order valence-electron chi connectivity index (χ2n) is 5.58. The van der Waals surface area contributed by atoms with Crippen LogP contribution in [0.15, 0.2) is 0 Å². The summed E-state index contributed by atoms with van der Waals surface area (Å²) in [6.45, 7) is 9.09. The zero-order valence-corrected chi connectivity index (χ0v) is 13.5. The zero-order valence-electron chi connectivity index (χ0n) is 13.5. The van der Waals surface area contributed by atoms with E-state index in [2.05, 4.69) is 29.0 Å². The third-order valence-electron chi connectivity index (χ3n) is 3.33. The first-order valence-corrected chi connectivity index (χ1v) is 7.21. The van der Waals surface area contributed by atoms with Gasteiger partial charge < -0.3 is 10.1 Å². The van der Waals surface area contributed by atoms with Gasteiger partial charge in [0.15, 0.2) is 0 Å². The smallest absolute Gasteiger partial charge is 0.325 e. The van der Waals surface area contributed by atoms with E-state index in [1.165, 1.54) is 7.11 Å². The molecule has 0 bridgehead atoms. The largest absolute Gasteiger partial charge is 0.468 e. The molecule has 1 rings (SSSR count). The topological polar surface area (TPSA) is 73.2 Å². The molecule has 0 radical (unpaired) electrons. The highest BCUT2D eigenvalue weighted by molar-refractivity contribution is 5.81. The molecule has 0 aliphatic heterocycles. The van der Waals surface area contributed by atoms with Crippen molar-refractivity contribution >= 4 is 11.9 Å². The molecule has 1 amide bonds. The average molecular weight is 295 g/mol. The summed E-state index contributed by atoms with van der Waals surface area (Å²) < 4.78 is 6.48. The Bertz CT molecular complexity index is 507. The van der Waals surface area contributed by atoms with Crippen molar-refractivity contribution in [1.82, 2.24) is 15.1 Å². The number of hydrogen-bond donors (Lipinski definition) is 1. The summed E-state index contributed by atoms with van der Waals surface area (Å²) in [4.78, 5) is 22.7. The SMILES string of the molecule is COC(=O)CNC(=O)CCc1c(C)nn(CC(C)C)c1C. The molecule has 21 heavy (non-hydrogen) atoms. The van der Waals surface area contributed by atoms with Gasteiger partial charge in [-0.2, -0.15) is 5.10 Å². The summed E-state index contributed by atoms with van der Waals surface area (Å²) in [6, 6.07) is 0. The van der Waals surface area contributed by atoms with Crippen molar-refractivity contribution in [2.75, 3.05) is 13.7 Å². The number of amides is 1. The van der Waals surface area contributed by atoms with Crippen LogP contribution in [-0.2, 0) is 27.3 Å². The first-order valence-electron chi connectivity index (χ1n) is 7.21. The molecule has 1 aromatic heterocycles. The van der Waals surface area contributed by atoms with Gasteiger partial charge in [0.25, 0.3) is 0 Å². The van der Waals surface area contributed by atoms with Crippen LogP contribution >= 0.6 is 0 Å². The zero-order chi connectivity index (χ0) is 16.0. The van der Waals surface area contributed by atoms with Crippen molar-refractivity contribution in [1.29, 1.82) is 0 Å². The van der Waals surface area contributed by atoms with Crippen LogP contribution in [0.2, 0.25) is 0 Å². The molecule has 0 spiro atoms. The number of rotatable bonds is 7. The molecular weight excluding hydrogens is 270 g/mol. The van der Waals surface area contributed by atoms with Crippen molar-refractivity contribution in [3.05, 3.63) is 17.0 Å². The summed E-state index contributed by atoms with van der Waals surface area (Å²) in [5.41, 5.74) is 3.19. The van der Waals surface area contributed by atoms with Gasteiger partial charge in [0.1, 0.15) is 6.54 Å². The van der Waals surface area contributed by atoms with E-state index >= 15 is 0 Å². The number of carbonyl (C=O) groups excluding carboxylic acids is 2. The first-order chi connectivity index (χ1) is 9.85. The van der Waals surface area contributed by atoms with Gasteiger partial charge in [-0.05, 0) is 31.7 Å². The van der Waals surface area contributed by atoms with Crippen LogP contribution in [0.5, 0.6) is 0 Å². The monoisotopic (exact) mass is 295 g/mol. The highest BCUT2D eigenvalue weighted by Crippen LogP contribution is 2.16. The molecule has 0 aromatic carbocycles. The second-order valence-corrected chi connectivity index (χ2v) is 5.58. The number of aromatic nitrogens is 2. The minimum absolute atomic E-state index is 0.0834. The molecule has 0 unspecified atom stereocenters. The van der Waals surface area contributed by atoms with Crippen LogP contribution in [0.3, 0.4) is 0 Å². The van der Waals surface area contributed by atoms with Gasteiger partial charge >= 0.3 is 5.97 Å². The van der Waals surface area contributed by atoms with Gasteiger partial charge in [0.2, 0.25) is 5.91 Å². The molecule has 0 saturated carbocycles. The maximum atomic E-state index is 11.7. The van der Waals surface area contributed by atoms with E-state index in [0.717, 1.165) is 23.5 Å². The minimum atomic E-state index is -0.444. The van der Waals surface area contributed by atoms with E-state index in [4.69, 9.17) is 0 Å². The third kappa shape index (κ3) is 5.21. The summed E-state index contributed by atoms with van der Waals surface area (Å²) in [5, 5.41) is 7.07. The second kappa shape index (κ2) is 7.81. The van der Waals surface area contributed by atoms with Gasteiger partial charge in [0, 0.05) is 18.7 Å². The van der Waals surface area contributed by atoms with E-state index in [-0.39, 0.29) is 12.5 Å². The Labute approximate surface area is 125 Å². The predicted molar refractivity (Wildman–Crippen MR) is 79.9 cm³/mol. The standard InChI is InChI=1S/C15H25N3O3/c1-10(2)9-18-12(4)13(11(3)17-18)6-7-14(19)16-8-15(20)21-5/h10H,6-9H2,1-5H3,(H,16,19). The number of ether oxygens (including phenoxy) is 1. The predicted octanol–water partition coefficient (Wildman–Crippen LogP) is 1.38. The summed E-state index contributed by atoms with van der Waals surface area (Å²) in [7, 11) is 1.30.